The van der Waals surface area contributed by atoms with Crippen LogP contribution in [0.4, 0.5) is 5.69 Å². The second-order valence-electron chi connectivity index (χ2n) is 5.08. The van der Waals surface area contributed by atoms with Crippen LogP contribution >= 0.6 is 0 Å². The van der Waals surface area contributed by atoms with Gasteiger partial charge in [0.1, 0.15) is 5.82 Å². The van der Waals surface area contributed by atoms with Crippen LogP contribution in [0.2, 0.25) is 0 Å². The van der Waals surface area contributed by atoms with E-state index in [0.717, 1.165) is 24.3 Å². The molecule has 4 heteroatoms. The van der Waals surface area contributed by atoms with Crippen LogP contribution in [-0.4, -0.2) is 29.2 Å². The molecule has 18 heavy (non-hydrogen) atoms. The highest BCUT2D eigenvalue weighted by atomic mass is 15.1. The Balaban J connectivity index is 2.24. The van der Waals surface area contributed by atoms with Crippen molar-refractivity contribution < 1.29 is 0 Å². The minimum atomic E-state index is 0.244. The van der Waals surface area contributed by atoms with E-state index in [0.29, 0.717) is 0 Å². The third-order valence-electron chi connectivity index (χ3n) is 3.45. The van der Waals surface area contributed by atoms with Gasteiger partial charge in [0, 0.05) is 32.4 Å². The Labute approximate surface area is 108 Å². The number of fused-ring (bicyclic) bond motifs is 1. The van der Waals surface area contributed by atoms with E-state index in [2.05, 4.69) is 39.7 Å². The van der Waals surface area contributed by atoms with Crippen molar-refractivity contribution in [3.8, 4) is 0 Å². The van der Waals surface area contributed by atoms with Gasteiger partial charge in [-0.15, -0.1) is 0 Å². The van der Waals surface area contributed by atoms with Crippen molar-refractivity contribution >= 4 is 16.7 Å². The van der Waals surface area contributed by atoms with Crippen LogP contribution in [0.5, 0.6) is 0 Å². The van der Waals surface area contributed by atoms with Gasteiger partial charge in [0.2, 0.25) is 0 Å². The molecule has 0 saturated heterocycles. The summed E-state index contributed by atoms with van der Waals surface area (Å²) < 4.78 is 2.11. The lowest BCUT2D eigenvalue weighted by molar-refractivity contribution is 0.659. The standard InChI is InChI=1S/C14H22N4/c1-10(15)7-8-17(3)12-5-6-14-13(9-12)16-11(2)18(14)4/h5-6,9-10H,7-8,15H2,1-4H3. The minimum absolute atomic E-state index is 0.244. The summed E-state index contributed by atoms with van der Waals surface area (Å²) in [7, 11) is 4.14. The lowest BCUT2D eigenvalue weighted by Gasteiger charge is -2.20. The first-order valence-corrected chi connectivity index (χ1v) is 6.39. The Bertz CT molecular complexity index is 542. The molecule has 1 aromatic carbocycles. The number of hydrogen-bond acceptors (Lipinski definition) is 3. The molecule has 0 amide bonds. The number of nitrogens with zero attached hydrogens (tertiary/aromatic N) is 3. The van der Waals surface area contributed by atoms with Crippen molar-refractivity contribution in [2.75, 3.05) is 18.5 Å². The fourth-order valence-electron chi connectivity index (χ4n) is 2.07. The Morgan fingerprint density at radius 1 is 1.44 bits per heavy atom. The van der Waals surface area contributed by atoms with Gasteiger partial charge in [-0.2, -0.15) is 0 Å². The van der Waals surface area contributed by atoms with E-state index in [1.54, 1.807) is 0 Å². The van der Waals surface area contributed by atoms with Crippen molar-refractivity contribution in [2.24, 2.45) is 12.8 Å². The number of nitrogens with two attached hydrogens (primary N) is 1. The van der Waals surface area contributed by atoms with Gasteiger partial charge in [-0.3, -0.25) is 0 Å². The molecular weight excluding hydrogens is 224 g/mol. The molecule has 1 heterocycles. The van der Waals surface area contributed by atoms with Gasteiger partial charge in [-0.05, 0) is 38.5 Å². The first-order valence-electron chi connectivity index (χ1n) is 6.39. The summed E-state index contributed by atoms with van der Waals surface area (Å²) in [6.45, 7) is 5.04. The number of hydrogen-bond donors (Lipinski definition) is 1. The van der Waals surface area contributed by atoms with Gasteiger partial charge >= 0.3 is 0 Å². The molecule has 0 radical (unpaired) electrons. The Morgan fingerprint density at radius 3 is 2.83 bits per heavy atom. The normalized spacial score (nSPS) is 12.9. The predicted molar refractivity (Wildman–Crippen MR) is 77.0 cm³/mol. The molecule has 0 fully saturated rings. The van der Waals surface area contributed by atoms with E-state index < -0.39 is 0 Å². The molecule has 1 atom stereocenters. The van der Waals surface area contributed by atoms with Gasteiger partial charge in [-0.1, -0.05) is 0 Å². The molecule has 0 bridgehead atoms. The van der Waals surface area contributed by atoms with Crippen LogP contribution in [0.3, 0.4) is 0 Å². The van der Waals surface area contributed by atoms with Gasteiger partial charge in [0.15, 0.2) is 0 Å². The third-order valence-corrected chi connectivity index (χ3v) is 3.45. The van der Waals surface area contributed by atoms with E-state index in [4.69, 9.17) is 5.73 Å². The zero-order valence-electron chi connectivity index (χ0n) is 11.6. The quantitative estimate of drug-likeness (QED) is 0.898. The molecule has 0 aliphatic rings. The van der Waals surface area contributed by atoms with Gasteiger partial charge < -0.3 is 15.2 Å². The van der Waals surface area contributed by atoms with Crippen LogP contribution in [0.25, 0.3) is 11.0 Å². The van der Waals surface area contributed by atoms with Crippen molar-refractivity contribution in [3.63, 3.8) is 0 Å². The largest absolute Gasteiger partial charge is 0.374 e. The van der Waals surface area contributed by atoms with Gasteiger partial charge in [-0.25, -0.2) is 4.98 Å². The molecular formula is C14H22N4. The van der Waals surface area contributed by atoms with E-state index in [-0.39, 0.29) is 6.04 Å². The lowest BCUT2D eigenvalue weighted by Crippen LogP contribution is -2.25. The molecule has 1 aromatic heterocycles. The SMILES string of the molecule is Cc1nc2cc(N(C)CCC(C)N)ccc2n1C. The maximum absolute atomic E-state index is 5.79. The van der Waals surface area contributed by atoms with E-state index in [1.807, 2.05) is 20.9 Å². The highest BCUT2D eigenvalue weighted by Gasteiger charge is 2.07. The Kier molecular flexibility index (Phi) is 3.57. The average molecular weight is 246 g/mol. The first-order chi connectivity index (χ1) is 8.49. The second-order valence-corrected chi connectivity index (χ2v) is 5.08. The van der Waals surface area contributed by atoms with Crippen LogP contribution in [0.1, 0.15) is 19.2 Å². The molecule has 1 unspecified atom stereocenters. The fourth-order valence-corrected chi connectivity index (χ4v) is 2.07. The molecule has 0 spiro atoms. The van der Waals surface area contributed by atoms with Crippen molar-refractivity contribution in [1.82, 2.24) is 9.55 Å². The monoisotopic (exact) mass is 246 g/mol. The summed E-state index contributed by atoms with van der Waals surface area (Å²) in [6.07, 6.45) is 0.996. The van der Waals surface area contributed by atoms with Crippen molar-refractivity contribution in [2.45, 2.75) is 26.3 Å². The van der Waals surface area contributed by atoms with E-state index in [1.165, 1.54) is 11.2 Å². The fraction of sp³-hybridized carbons (Fsp3) is 0.500. The third kappa shape index (κ3) is 2.48. The average Bonchev–Trinajstić information content (AvgIpc) is 2.61. The summed E-state index contributed by atoms with van der Waals surface area (Å²) in [4.78, 5) is 6.79. The van der Waals surface area contributed by atoms with Crippen molar-refractivity contribution in [1.29, 1.82) is 0 Å². The number of aryl methyl sites for hydroxylation is 2. The maximum atomic E-state index is 5.79. The number of imidazole rings is 1. The zero-order chi connectivity index (χ0) is 13.3. The second kappa shape index (κ2) is 4.98. The molecule has 0 aliphatic heterocycles. The highest BCUT2D eigenvalue weighted by Crippen LogP contribution is 2.21. The smallest absolute Gasteiger partial charge is 0.106 e. The molecule has 2 rings (SSSR count). The Morgan fingerprint density at radius 2 is 2.17 bits per heavy atom. The Hall–Kier alpha value is -1.55. The summed E-state index contributed by atoms with van der Waals surface area (Å²) in [5, 5.41) is 0. The van der Waals surface area contributed by atoms with Gasteiger partial charge in [0.05, 0.1) is 11.0 Å². The van der Waals surface area contributed by atoms with E-state index in [9.17, 15) is 0 Å². The predicted octanol–water partition coefficient (Wildman–Crippen LogP) is 2.06. The first kappa shape index (κ1) is 12.9. The summed E-state index contributed by atoms with van der Waals surface area (Å²) in [5.74, 6) is 1.04. The van der Waals surface area contributed by atoms with Crippen molar-refractivity contribution in [3.05, 3.63) is 24.0 Å². The number of rotatable bonds is 4. The van der Waals surface area contributed by atoms with Gasteiger partial charge in [0.25, 0.3) is 0 Å². The maximum Gasteiger partial charge on any atom is 0.106 e. The van der Waals surface area contributed by atoms with E-state index >= 15 is 0 Å². The molecule has 2 N–H and O–H groups in total. The van der Waals surface area contributed by atoms with Crippen LogP contribution in [-0.2, 0) is 7.05 Å². The molecule has 98 valence electrons. The highest BCUT2D eigenvalue weighted by molar-refractivity contribution is 5.80. The summed E-state index contributed by atoms with van der Waals surface area (Å²) in [5.41, 5.74) is 9.22. The number of aromatic nitrogens is 2. The summed E-state index contributed by atoms with van der Waals surface area (Å²) >= 11 is 0. The topological polar surface area (TPSA) is 47.1 Å². The number of anilines is 1. The molecule has 4 nitrogen and oxygen atoms in total. The minimum Gasteiger partial charge on any atom is -0.374 e. The summed E-state index contributed by atoms with van der Waals surface area (Å²) in [6, 6.07) is 6.66. The number of benzene rings is 1. The zero-order valence-corrected chi connectivity index (χ0v) is 11.6. The lowest BCUT2D eigenvalue weighted by atomic mass is 10.2. The molecule has 2 aromatic rings. The molecule has 0 aliphatic carbocycles. The van der Waals surface area contributed by atoms with Crippen LogP contribution in [0, 0.1) is 6.92 Å². The van der Waals surface area contributed by atoms with Crippen LogP contribution in [0.15, 0.2) is 18.2 Å². The molecule has 0 saturated carbocycles. The van der Waals surface area contributed by atoms with Crippen LogP contribution < -0.4 is 10.6 Å².